The second kappa shape index (κ2) is 7.71. The van der Waals surface area contributed by atoms with Gasteiger partial charge in [0.2, 0.25) is 11.9 Å². The van der Waals surface area contributed by atoms with Gasteiger partial charge in [-0.3, -0.25) is 4.79 Å². The zero-order valence-corrected chi connectivity index (χ0v) is 11.3. The number of nitrogens with zero attached hydrogens (tertiary/aromatic N) is 2. The molecule has 0 bridgehead atoms. The predicted molar refractivity (Wildman–Crippen MR) is 73.0 cm³/mol. The zero-order valence-electron chi connectivity index (χ0n) is 10.6. The van der Waals surface area contributed by atoms with Crippen molar-refractivity contribution in [3.05, 3.63) is 11.2 Å². The van der Waals surface area contributed by atoms with Crippen LogP contribution in [0.2, 0.25) is 5.02 Å². The van der Waals surface area contributed by atoms with Gasteiger partial charge in [-0.15, -0.1) is 0 Å². The minimum absolute atomic E-state index is 0.0305. The standard InChI is InChI=1S/C11H18ClN5O/c1-3-5-15-11-16-7-8(12)10(17-11)14-6-4-9(18)13-2/h7H,3-6H2,1-2H3,(H,13,18)(H2,14,15,16,17). The van der Waals surface area contributed by atoms with E-state index in [0.29, 0.717) is 29.8 Å². The number of nitrogens with one attached hydrogen (secondary N) is 3. The van der Waals surface area contributed by atoms with Crippen LogP contribution in [0.25, 0.3) is 0 Å². The van der Waals surface area contributed by atoms with Crippen LogP contribution in [0.4, 0.5) is 11.8 Å². The first-order valence-electron chi connectivity index (χ1n) is 5.88. The van der Waals surface area contributed by atoms with Crippen molar-refractivity contribution in [3.8, 4) is 0 Å². The predicted octanol–water partition coefficient (Wildman–Crippen LogP) is 1.50. The molecule has 0 aliphatic rings. The number of hydrogen-bond acceptors (Lipinski definition) is 5. The third-order valence-electron chi connectivity index (χ3n) is 2.20. The SMILES string of the molecule is CCCNc1ncc(Cl)c(NCCC(=O)NC)n1. The molecule has 18 heavy (non-hydrogen) atoms. The van der Waals surface area contributed by atoms with Gasteiger partial charge in [0, 0.05) is 26.6 Å². The first-order chi connectivity index (χ1) is 8.67. The van der Waals surface area contributed by atoms with E-state index in [1.807, 2.05) is 0 Å². The summed E-state index contributed by atoms with van der Waals surface area (Å²) < 4.78 is 0. The van der Waals surface area contributed by atoms with Gasteiger partial charge in [0.15, 0.2) is 0 Å². The molecule has 0 aromatic carbocycles. The van der Waals surface area contributed by atoms with E-state index < -0.39 is 0 Å². The maximum Gasteiger partial charge on any atom is 0.224 e. The first-order valence-corrected chi connectivity index (χ1v) is 6.26. The fourth-order valence-corrected chi connectivity index (χ4v) is 1.39. The number of carbonyl (C=O) groups excluding carboxylic acids is 1. The highest BCUT2D eigenvalue weighted by atomic mass is 35.5. The summed E-state index contributed by atoms with van der Waals surface area (Å²) in [6.45, 7) is 3.34. The van der Waals surface area contributed by atoms with E-state index in [-0.39, 0.29) is 5.91 Å². The van der Waals surface area contributed by atoms with E-state index in [0.717, 1.165) is 13.0 Å². The molecule has 1 aromatic rings. The highest BCUT2D eigenvalue weighted by Crippen LogP contribution is 2.19. The maximum atomic E-state index is 11.1. The third kappa shape index (κ3) is 4.75. The lowest BCUT2D eigenvalue weighted by atomic mass is 10.4. The molecule has 0 radical (unpaired) electrons. The summed E-state index contributed by atoms with van der Waals surface area (Å²) in [6, 6.07) is 0. The van der Waals surface area contributed by atoms with Gasteiger partial charge < -0.3 is 16.0 Å². The highest BCUT2D eigenvalue weighted by molar-refractivity contribution is 6.32. The van der Waals surface area contributed by atoms with Crippen LogP contribution >= 0.6 is 11.6 Å². The molecule has 0 aliphatic heterocycles. The Labute approximate surface area is 112 Å². The van der Waals surface area contributed by atoms with Crippen molar-refractivity contribution in [2.45, 2.75) is 19.8 Å². The molecular formula is C11H18ClN5O. The van der Waals surface area contributed by atoms with E-state index in [4.69, 9.17) is 11.6 Å². The second-order valence-electron chi connectivity index (χ2n) is 3.67. The van der Waals surface area contributed by atoms with Crippen molar-refractivity contribution < 1.29 is 4.79 Å². The normalized spacial score (nSPS) is 9.94. The average Bonchev–Trinajstić information content (AvgIpc) is 2.39. The molecule has 7 heteroatoms. The van der Waals surface area contributed by atoms with Crippen molar-refractivity contribution >= 4 is 29.3 Å². The van der Waals surface area contributed by atoms with Gasteiger partial charge in [-0.2, -0.15) is 4.98 Å². The number of aromatic nitrogens is 2. The number of anilines is 2. The molecule has 0 aliphatic carbocycles. The van der Waals surface area contributed by atoms with E-state index in [2.05, 4.69) is 32.8 Å². The summed E-state index contributed by atoms with van der Waals surface area (Å²) in [5, 5.41) is 9.07. The van der Waals surface area contributed by atoms with Crippen molar-refractivity contribution in [3.63, 3.8) is 0 Å². The quantitative estimate of drug-likeness (QED) is 0.700. The lowest BCUT2D eigenvalue weighted by Crippen LogP contribution is -2.21. The monoisotopic (exact) mass is 271 g/mol. The Morgan fingerprint density at radius 1 is 1.39 bits per heavy atom. The highest BCUT2D eigenvalue weighted by Gasteiger charge is 2.05. The lowest BCUT2D eigenvalue weighted by Gasteiger charge is -2.09. The van der Waals surface area contributed by atoms with Gasteiger partial charge >= 0.3 is 0 Å². The van der Waals surface area contributed by atoms with Crippen LogP contribution in [0.15, 0.2) is 6.20 Å². The van der Waals surface area contributed by atoms with Crippen molar-refractivity contribution in [1.82, 2.24) is 15.3 Å². The number of hydrogen-bond donors (Lipinski definition) is 3. The Kier molecular flexibility index (Phi) is 6.21. The van der Waals surface area contributed by atoms with Crippen LogP contribution in [0.3, 0.4) is 0 Å². The molecule has 1 amide bonds. The zero-order chi connectivity index (χ0) is 13.4. The molecule has 1 rings (SSSR count). The molecule has 0 fully saturated rings. The molecule has 0 atom stereocenters. The number of amides is 1. The molecule has 0 saturated carbocycles. The van der Waals surface area contributed by atoms with Gasteiger partial charge in [-0.25, -0.2) is 4.98 Å². The Bertz CT molecular complexity index is 399. The minimum atomic E-state index is -0.0305. The number of carbonyl (C=O) groups is 1. The fourth-order valence-electron chi connectivity index (χ4n) is 1.23. The van der Waals surface area contributed by atoms with Gasteiger partial charge in [0.1, 0.15) is 10.8 Å². The van der Waals surface area contributed by atoms with Crippen molar-refractivity contribution in [2.24, 2.45) is 0 Å². The van der Waals surface area contributed by atoms with E-state index >= 15 is 0 Å². The maximum absolute atomic E-state index is 11.1. The van der Waals surface area contributed by atoms with Crippen LogP contribution in [-0.2, 0) is 4.79 Å². The molecule has 0 saturated heterocycles. The van der Waals surface area contributed by atoms with Crippen LogP contribution < -0.4 is 16.0 Å². The third-order valence-corrected chi connectivity index (χ3v) is 2.48. The van der Waals surface area contributed by atoms with E-state index in [1.165, 1.54) is 6.20 Å². The minimum Gasteiger partial charge on any atom is -0.368 e. The summed E-state index contributed by atoms with van der Waals surface area (Å²) >= 11 is 5.96. The second-order valence-corrected chi connectivity index (χ2v) is 4.07. The average molecular weight is 272 g/mol. The largest absolute Gasteiger partial charge is 0.368 e. The number of rotatable bonds is 7. The van der Waals surface area contributed by atoms with Gasteiger partial charge in [0.25, 0.3) is 0 Å². The smallest absolute Gasteiger partial charge is 0.224 e. The van der Waals surface area contributed by atoms with Gasteiger partial charge in [0.05, 0.1) is 6.20 Å². The Hall–Kier alpha value is -1.56. The lowest BCUT2D eigenvalue weighted by molar-refractivity contribution is -0.120. The molecule has 0 spiro atoms. The topological polar surface area (TPSA) is 78.9 Å². The Morgan fingerprint density at radius 3 is 2.83 bits per heavy atom. The van der Waals surface area contributed by atoms with E-state index in [9.17, 15) is 4.79 Å². The summed E-state index contributed by atoms with van der Waals surface area (Å²) in [6.07, 6.45) is 2.90. The van der Waals surface area contributed by atoms with Gasteiger partial charge in [-0.05, 0) is 6.42 Å². The van der Waals surface area contributed by atoms with Gasteiger partial charge in [-0.1, -0.05) is 18.5 Å². The van der Waals surface area contributed by atoms with E-state index in [1.54, 1.807) is 7.05 Å². The molecular weight excluding hydrogens is 254 g/mol. The summed E-state index contributed by atoms with van der Waals surface area (Å²) in [5.41, 5.74) is 0. The molecule has 1 heterocycles. The summed E-state index contributed by atoms with van der Waals surface area (Å²) in [4.78, 5) is 19.4. The molecule has 6 nitrogen and oxygen atoms in total. The van der Waals surface area contributed by atoms with Crippen LogP contribution in [0.1, 0.15) is 19.8 Å². The Morgan fingerprint density at radius 2 is 2.17 bits per heavy atom. The molecule has 100 valence electrons. The van der Waals surface area contributed by atoms with Crippen LogP contribution in [0.5, 0.6) is 0 Å². The van der Waals surface area contributed by atoms with Crippen molar-refractivity contribution in [2.75, 3.05) is 30.8 Å². The molecule has 1 aromatic heterocycles. The summed E-state index contributed by atoms with van der Waals surface area (Å²) in [5.74, 6) is 1.04. The van der Waals surface area contributed by atoms with Crippen LogP contribution in [-0.4, -0.2) is 36.0 Å². The number of halogens is 1. The summed E-state index contributed by atoms with van der Waals surface area (Å²) in [7, 11) is 1.60. The Balaban J connectivity index is 2.55. The fraction of sp³-hybridized carbons (Fsp3) is 0.545. The van der Waals surface area contributed by atoms with Crippen molar-refractivity contribution in [1.29, 1.82) is 0 Å². The molecule has 3 N–H and O–H groups in total. The molecule has 0 unspecified atom stereocenters. The first kappa shape index (κ1) is 14.5. The van der Waals surface area contributed by atoms with Crippen LogP contribution in [0, 0.1) is 0 Å².